The van der Waals surface area contributed by atoms with Gasteiger partial charge in [-0.1, -0.05) is 11.8 Å². The third kappa shape index (κ3) is 2.56. The third-order valence-electron chi connectivity index (χ3n) is 2.41. The number of ether oxygens (including phenoxy) is 1. The molecule has 5 nitrogen and oxygen atoms in total. The Bertz CT molecular complexity index is 509. The van der Waals surface area contributed by atoms with Crippen LogP contribution in [0.2, 0.25) is 0 Å². The topological polar surface area (TPSA) is 72.6 Å². The highest BCUT2D eigenvalue weighted by Gasteiger charge is 2.27. The molecule has 2 rings (SSSR count). The van der Waals surface area contributed by atoms with Crippen LogP contribution in [-0.2, 0) is 14.3 Å². The molecule has 1 aliphatic heterocycles. The number of rotatable bonds is 1. The van der Waals surface area contributed by atoms with Gasteiger partial charge in [0, 0.05) is 5.56 Å². The lowest BCUT2D eigenvalue weighted by atomic mass is 10.2. The fourth-order valence-electron chi connectivity index (χ4n) is 1.63. The number of imide groups is 1. The molecule has 0 spiro atoms. The van der Waals surface area contributed by atoms with E-state index < -0.39 is 0 Å². The predicted molar refractivity (Wildman–Crippen MR) is 65.7 cm³/mol. The molecule has 0 saturated carbocycles. The van der Waals surface area contributed by atoms with E-state index in [0.717, 1.165) is 10.5 Å². The molecule has 0 aliphatic carbocycles. The summed E-state index contributed by atoms with van der Waals surface area (Å²) in [5.74, 6) is 4.89. The summed E-state index contributed by atoms with van der Waals surface area (Å²) in [6, 6.07) is 6.85. The summed E-state index contributed by atoms with van der Waals surface area (Å²) in [5, 5.41) is 0. The van der Waals surface area contributed by atoms with Gasteiger partial charge in [-0.2, -0.15) is 0 Å². The van der Waals surface area contributed by atoms with Gasteiger partial charge in [-0.3, -0.25) is 9.59 Å². The van der Waals surface area contributed by atoms with Crippen LogP contribution in [0.1, 0.15) is 5.56 Å². The van der Waals surface area contributed by atoms with Gasteiger partial charge in [-0.15, -0.1) is 0 Å². The molecule has 2 N–H and O–H groups in total. The molecule has 1 fully saturated rings. The van der Waals surface area contributed by atoms with Gasteiger partial charge in [0.1, 0.15) is 13.2 Å². The molecule has 5 heteroatoms. The zero-order valence-corrected chi connectivity index (χ0v) is 9.68. The number of nitrogens with zero attached hydrogens (tertiary/aromatic N) is 1. The van der Waals surface area contributed by atoms with E-state index >= 15 is 0 Å². The molecule has 0 atom stereocenters. The van der Waals surface area contributed by atoms with E-state index in [1.807, 2.05) is 0 Å². The maximum Gasteiger partial charge on any atom is 0.259 e. The Morgan fingerprint density at radius 3 is 2.33 bits per heavy atom. The second-order valence-electron chi connectivity index (χ2n) is 3.67. The number of morpholine rings is 1. The van der Waals surface area contributed by atoms with Crippen LogP contribution in [0, 0.1) is 11.8 Å². The Hall–Kier alpha value is -2.16. The van der Waals surface area contributed by atoms with E-state index in [1.165, 1.54) is 0 Å². The Kier molecular flexibility index (Phi) is 3.72. The maximum atomic E-state index is 11.6. The summed E-state index contributed by atoms with van der Waals surface area (Å²) in [6.07, 6.45) is 0. The monoisotopic (exact) mass is 244 g/mol. The number of amides is 2. The van der Waals surface area contributed by atoms with Crippen molar-refractivity contribution in [2.75, 3.05) is 24.7 Å². The smallest absolute Gasteiger partial charge is 0.259 e. The normalized spacial score (nSPS) is 15.3. The van der Waals surface area contributed by atoms with E-state index in [0.29, 0.717) is 12.2 Å². The SMILES string of the molecule is NCC#Cc1ccc(N2C(=O)COCC2=O)cc1. The quantitative estimate of drug-likeness (QED) is 0.552. The fraction of sp³-hybridized carbons (Fsp3) is 0.231. The van der Waals surface area contributed by atoms with Crippen LogP contribution >= 0.6 is 0 Å². The third-order valence-corrected chi connectivity index (χ3v) is 2.41. The van der Waals surface area contributed by atoms with E-state index in [-0.39, 0.29) is 25.0 Å². The first kappa shape index (κ1) is 12.3. The van der Waals surface area contributed by atoms with Crippen LogP contribution < -0.4 is 10.6 Å². The first-order valence-electron chi connectivity index (χ1n) is 5.45. The lowest BCUT2D eigenvalue weighted by Gasteiger charge is -2.24. The molecule has 1 aliphatic rings. The standard InChI is InChI=1S/C13H12N2O3/c14-7-1-2-10-3-5-11(6-4-10)15-12(16)8-18-9-13(15)17/h3-6H,7-9,14H2. The minimum absolute atomic E-state index is 0.0690. The number of carbonyl (C=O) groups is 2. The molecule has 0 bridgehead atoms. The lowest BCUT2D eigenvalue weighted by Crippen LogP contribution is -2.46. The Morgan fingerprint density at radius 1 is 1.17 bits per heavy atom. The first-order chi connectivity index (χ1) is 8.72. The zero-order valence-electron chi connectivity index (χ0n) is 9.68. The molecule has 0 aromatic heterocycles. The van der Waals surface area contributed by atoms with Gasteiger partial charge in [0.25, 0.3) is 11.8 Å². The van der Waals surface area contributed by atoms with Crippen LogP contribution in [-0.4, -0.2) is 31.6 Å². The van der Waals surface area contributed by atoms with Crippen molar-refractivity contribution in [1.29, 1.82) is 0 Å². The molecule has 1 aromatic rings. The van der Waals surface area contributed by atoms with Crippen molar-refractivity contribution in [3.8, 4) is 11.8 Å². The number of hydrogen-bond donors (Lipinski definition) is 1. The minimum atomic E-state index is -0.355. The van der Waals surface area contributed by atoms with Crippen LogP contribution in [0.5, 0.6) is 0 Å². The summed E-state index contributed by atoms with van der Waals surface area (Å²) in [7, 11) is 0. The average molecular weight is 244 g/mol. The largest absolute Gasteiger partial charge is 0.362 e. The van der Waals surface area contributed by atoms with Gasteiger partial charge < -0.3 is 10.5 Å². The van der Waals surface area contributed by atoms with E-state index in [2.05, 4.69) is 11.8 Å². The predicted octanol–water partition coefficient (Wildman–Crippen LogP) is -0.113. The van der Waals surface area contributed by atoms with Crippen LogP contribution in [0.15, 0.2) is 24.3 Å². The molecular weight excluding hydrogens is 232 g/mol. The van der Waals surface area contributed by atoms with Gasteiger partial charge in [-0.05, 0) is 24.3 Å². The Balaban J connectivity index is 2.23. The summed E-state index contributed by atoms with van der Waals surface area (Å²) >= 11 is 0. The van der Waals surface area contributed by atoms with Crippen molar-refractivity contribution < 1.29 is 14.3 Å². The number of hydrogen-bond acceptors (Lipinski definition) is 4. The van der Waals surface area contributed by atoms with E-state index in [1.54, 1.807) is 24.3 Å². The van der Waals surface area contributed by atoms with Crippen LogP contribution in [0.4, 0.5) is 5.69 Å². The van der Waals surface area contributed by atoms with Crippen molar-refractivity contribution >= 4 is 17.5 Å². The van der Waals surface area contributed by atoms with Gasteiger partial charge in [0.15, 0.2) is 0 Å². The zero-order chi connectivity index (χ0) is 13.0. The number of anilines is 1. The molecule has 92 valence electrons. The van der Waals surface area contributed by atoms with Gasteiger partial charge in [0.2, 0.25) is 0 Å². The molecular formula is C13H12N2O3. The fourth-order valence-corrected chi connectivity index (χ4v) is 1.63. The minimum Gasteiger partial charge on any atom is -0.362 e. The molecule has 0 radical (unpaired) electrons. The molecule has 0 unspecified atom stereocenters. The highest BCUT2D eigenvalue weighted by molar-refractivity contribution is 6.16. The van der Waals surface area contributed by atoms with Gasteiger partial charge in [0.05, 0.1) is 12.2 Å². The molecule has 2 amide bonds. The van der Waals surface area contributed by atoms with E-state index in [4.69, 9.17) is 10.5 Å². The van der Waals surface area contributed by atoms with E-state index in [9.17, 15) is 9.59 Å². The van der Waals surface area contributed by atoms with Crippen LogP contribution in [0.3, 0.4) is 0 Å². The average Bonchev–Trinajstić information content (AvgIpc) is 2.37. The van der Waals surface area contributed by atoms with Crippen molar-refractivity contribution in [2.45, 2.75) is 0 Å². The lowest BCUT2D eigenvalue weighted by molar-refractivity contribution is -0.138. The maximum absolute atomic E-state index is 11.6. The van der Waals surface area contributed by atoms with Crippen LogP contribution in [0.25, 0.3) is 0 Å². The highest BCUT2D eigenvalue weighted by Crippen LogP contribution is 2.17. The summed E-state index contributed by atoms with van der Waals surface area (Å²) in [6.45, 7) is 0.156. The summed E-state index contributed by atoms with van der Waals surface area (Å²) in [5.41, 5.74) is 6.60. The molecule has 18 heavy (non-hydrogen) atoms. The second kappa shape index (κ2) is 5.45. The van der Waals surface area contributed by atoms with Crippen molar-refractivity contribution in [3.63, 3.8) is 0 Å². The molecule has 1 heterocycles. The molecule has 1 aromatic carbocycles. The Labute approximate surface area is 105 Å². The summed E-state index contributed by atoms with van der Waals surface area (Å²) in [4.78, 5) is 24.3. The number of benzene rings is 1. The first-order valence-corrected chi connectivity index (χ1v) is 5.45. The van der Waals surface area contributed by atoms with Gasteiger partial charge in [-0.25, -0.2) is 4.90 Å². The van der Waals surface area contributed by atoms with Crippen molar-refractivity contribution in [1.82, 2.24) is 0 Å². The van der Waals surface area contributed by atoms with Crippen molar-refractivity contribution in [2.24, 2.45) is 5.73 Å². The summed E-state index contributed by atoms with van der Waals surface area (Å²) < 4.78 is 4.85. The highest BCUT2D eigenvalue weighted by atomic mass is 16.5. The Morgan fingerprint density at radius 2 is 1.78 bits per heavy atom. The van der Waals surface area contributed by atoms with Gasteiger partial charge >= 0.3 is 0 Å². The second-order valence-corrected chi connectivity index (χ2v) is 3.67. The molecule has 1 saturated heterocycles. The number of nitrogens with two attached hydrogens (primary N) is 1. The van der Waals surface area contributed by atoms with Crippen molar-refractivity contribution in [3.05, 3.63) is 29.8 Å². The number of carbonyl (C=O) groups excluding carboxylic acids is 2.